The fraction of sp³-hybridized carbons (Fsp3) is 0.800. The van der Waals surface area contributed by atoms with Crippen molar-refractivity contribution in [2.45, 2.75) is 69.9 Å². The van der Waals surface area contributed by atoms with Gasteiger partial charge in [-0.15, -0.1) is 0 Å². The highest BCUT2D eigenvalue weighted by Crippen LogP contribution is 2.27. The molecule has 1 saturated heterocycles. The van der Waals surface area contributed by atoms with Gasteiger partial charge in [0.15, 0.2) is 0 Å². The van der Waals surface area contributed by atoms with Crippen LogP contribution in [0, 0.1) is 0 Å². The number of aliphatic carboxylic acids is 1. The topological polar surface area (TPSA) is 94.9 Å². The highest BCUT2D eigenvalue weighted by molar-refractivity contribution is 7.80. The fourth-order valence-corrected chi connectivity index (χ4v) is 2.89. The molecule has 1 heterocycles. The van der Waals surface area contributed by atoms with Gasteiger partial charge in [-0.3, -0.25) is 9.59 Å². The number of carboxylic acid groups (broad SMARTS) is 1. The number of likely N-dealkylation sites (tertiary alicyclic amines) is 1. The van der Waals surface area contributed by atoms with Gasteiger partial charge < -0.3 is 10.2 Å². The van der Waals surface area contributed by atoms with Crippen LogP contribution in [0.4, 0.5) is 0 Å². The Bertz CT molecular complexity index is 399. The van der Waals surface area contributed by atoms with E-state index in [2.05, 4.69) is 12.6 Å². The van der Waals surface area contributed by atoms with Crippen molar-refractivity contribution in [2.24, 2.45) is 0 Å². The van der Waals surface area contributed by atoms with Crippen LogP contribution in [-0.4, -0.2) is 44.4 Å². The predicted octanol–water partition coefficient (Wildman–Crippen LogP) is 1.96. The molecule has 6 nitrogen and oxygen atoms in total. The monoisotopic (exact) mass is 331 g/mol. The average molecular weight is 331 g/mol. The van der Waals surface area contributed by atoms with Crippen molar-refractivity contribution in [3.8, 4) is 0 Å². The molecule has 1 atom stereocenters. The summed E-state index contributed by atoms with van der Waals surface area (Å²) in [7, 11) is 0. The number of carbonyl (C=O) groups excluding carboxylic acids is 2. The van der Waals surface area contributed by atoms with E-state index in [-0.39, 0.29) is 19.3 Å². The van der Waals surface area contributed by atoms with Gasteiger partial charge in [0.2, 0.25) is 17.5 Å². The molecular weight excluding hydrogens is 306 g/mol. The van der Waals surface area contributed by atoms with Crippen LogP contribution in [0.25, 0.3) is 0 Å². The Morgan fingerprint density at radius 2 is 1.45 bits per heavy atom. The number of rotatable bonds is 11. The molecule has 0 aliphatic carbocycles. The summed E-state index contributed by atoms with van der Waals surface area (Å²) in [6, 6.07) is 0. The van der Waals surface area contributed by atoms with Crippen molar-refractivity contribution < 1.29 is 24.6 Å². The lowest BCUT2D eigenvalue weighted by Gasteiger charge is -2.31. The molecule has 126 valence electrons. The lowest BCUT2D eigenvalue weighted by Crippen LogP contribution is -2.57. The van der Waals surface area contributed by atoms with E-state index < -0.39 is 23.5 Å². The highest BCUT2D eigenvalue weighted by Gasteiger charge is 2.50. The number of nitrogens with zero attached hydrogens (tertiary/aromatic N) is 1. The number of unbranched alkanes of at least 4 members (excludes halogenated alkanes) is 6. The molecule has 0 aromatic rings. The maximum atomic E-state index is 11.6. The summed E-state index contributed by atoms with van der Waals surface area (Å²) in [5.41, 5.74) is -2.39. The standard InChI is InChI=1S/C15H25NO5S/c17-12-8-9-13(18)16(12)15(21,14(19)20)10-6-4-2-1-3-5-7-11-22/h21-22H,1-11H2,(H,19,20). The summed E-state index contributed by atoms with van der Waals surface area (Å²) in [4.78, 5) is 35.2. The van der Waals surface area contributed by atoms with Gasteiger partial charge >= 0.3 is 5.97 Å². The van der Waals surface area contributed by atoms with Crippen molar-refractivity contribution in [3.63, 3.8) is 0 Å². The lowest BCUT2D eigenvalue weighted by atomic mass is 10.0. The Balaban J connectivity index is 2.40. The number of carbonyl (C=O) groups is 3. The van der Waals surface area contributed by atoms with Crippen molar-refractivity contribution in [1.29, 1.82) is 0 Å². The van der Waals surface area contributed by atoms with E-state index in [0.717, 1.165) is 44.3 Å². The second kappa shape index (κ2) is 9.15. The third-order valence-corrected chi connectivity index (χ3v) is 4.26. The number of imide groups is 1. The first-order valence-corrected chi connectivity index (χ1v) is 8.49. The zero-order valence-electron chi connectivity index (χ0n) is 12.8. The van der Waals surface area contributed by atoms with E-state index in [1.807, 2.05) is 0 Å². The third-order valence-electron chi connectivity index (χ3n) is 3.95. The smallest absolute Gasteiger partial charge is 0.357 e. The van der Waals surface area contributed by atoms with Crippen LogP contribution in [0.1, 0.15) is 64.2 Å². The Kier molecular flexibility index (Phi) is 7.89. The molecule has 0 bridgehead atoms. The zero-order valence-corrected chi connectivity index (χ0v) is 13.7. The molecule has 0 aromatic carbocycles. The molecule has 1 unspecified atom stereocenters. The largest absolute Gasteiger partial charge is 0.478 e. The van der Waals surface area contributed by atoms with E-state index >= 15 is 0 Å². The summed E-state index contributed by atoms with van der Waals surface area (Å²) >= 11 is 4.14. The Hall–Kier alpha value is -1.08. The molecule has 0 radical (unpaired) electrons. The van der Waals surface area contributed by atoms with Gasteiger partial charge in [-0.25, -0.2) is 9.69 Å². The van der Waals surface area contributed by atoms with Crippen molar-refractivity contribution in [1.82, 2.24) is 4.90 Å². The molecule has 1 aliphatic heterocycles. The predicted molar refractivity (Wildman–Crippen MR) is 84.5 cm³/mol. The first kappa shape index (κ1) is 19.0. The minimum Gasteiger partial charge on any atom is -0.478 e. The van der Waals surface area contributed by atoms with Crippen LogP contribution in [-0.2, 0) is 14.4 Å². The quantitative estimate of drug-likeness (QED) is 0.306. The van der Waals surface area contributed by atoms with E-state index in [0.29, 0.717) is 11.3 Å². The van der Waals surface area contributed by atoms with Gasteiger partial charge in [0.25, 0.3) is 0 Å². The Morgan fingerprint density at radius 1 is 1.00 bits per heavy atom. The van der Waals surface area contributed by atoms with Crippen LogP contribution in [0.2, 0.25) is 0 Å². The Morgan fingerprint density at radius 3 is 1.91 bits per heavy atom. The Labute approximate surface area is 136 Å². The molecule has 7 heteroatoms. The van der Waals surface area contributed by atoms with Crippen LogP contribution >= 0.6 is 12.6 Å². The number of carboxylic acids is 1. The van der Waals surface area contributed by atoms with Gasteiger partial charge in [0.1, 0.15) is 0 Å². The molecule has 0 spiro atoms. The van der Waals surface area contributed by atoms with Crippen LogP contribution in [0.3, 0.4) is 0 Å². The number of thiol groups is 1. The number of aliphatic hydroxyl groups is 1. The molecule has 1 aliphatic rings. The normalized spacial score (nSPS) is 17.8. The second-order valence-corrected chi connectivity index (χ2v) is 6.14. The second-order valence-electron chi connectivity index (χ2n) is 5.69. The number of amides is 2. The minimum atomic E-state index is -2.39. The van der Waals surface area contributed by atoms with E-state index in [1.54, 1.807) is 0 Å². The van der Waals surface area contributed by atoms with Gasteiger partial charge in [-0.05, 0) is 18.6 Å². The number of hydrogen-bond donors (Lipinski definition) is 3. The van der Waals surface area contributed by atoms with E-state index in [1.165, 1.54) is 0 Å². The molecule has 1 rings (SSSR count). The SMILES string of the molecule is O=C1CCC(=O)N1C(O)(CCCCCCCCCS)C(=O)O. The first-order chi connectivity index (χ1) is 10.4. The summed E-state index contributed by atoms with van der Waals surface area (Å²) in [6.45, 7) is 0. The molecule has 1 fully saturated rings. The third kappa shape index (κ3) is 4.98. The fourth-order valence-electron chi connectivity index (χ4n) is 2.67. The summed E-state index contributed by atoms with van der Waals surface area (Å²) in [5.74, 6) is -1.86. The summed E-state index contributed by atoms with van der Waals surface area (Å²) in [5, 5.41) is 19.5. The van der Waals surface area contributed by atoms with Crippen LogP contribution in [0.5, 0.6) is 0 Å². The van der Waals surface area contributed by atoms with E-state index in [4.69, 9.17) is 0 Å². The molecule has 0 saturated carbocycles. The highest BCUT2D eigenvalue weighted by atomic mass is 32.1. The summed E-state index contributed by atoms with van der Waals surface area (Å²) in [6.07, 6.45) is 6.42. The lowest BCUT2D eigenvalue weighted by molar-refractivity contribution is -0.190. The van der Waals surface area contributed by atoms with Crippen molar-refractivity contribution in [2.75, 3.05) is 5.75 Å². The molecule has 22 heavy (non-hydrogen) atoms. The van der Waals surface area contributed by atoms with Crippen molar-refractivity contribution in [3.05, 3.63) is 0 Å². The average Bonchev–Trinajstić information content (AvgIpc) is 2.81. The zero-order chi connectivity index (χ0) is 16.6. The molecule has 0 aromatic heterocycles. The van der Waals surface area contributed by atoms with Gasteiger partial charge in [-0.1, -0.05) is 32.1 Å². The van der Waals surface area contributed by atoms with Gasteiger partial charge in [0, 0.05) is 19.3 Å². The number of hydrogen-bond acceptors (Lipinski definition) is 5. The maximum absolute atomic E-state index is 11.6. The maximum Gasteiger partial charge on any atom is 0.357 e. The van der Waals surface area contributed by atoms with Crippen LogP contribution in [0.15, 0.2) is 0 Å². The molecular formula is C15H25NO5S. The minimum absolute atomic E-state index is 0.0282. The van der Waals surface area contributed by atoms with Gasteiger partial charge in [0.05, 0.1) is 0 Å². The van der Waals surface area contributed by atoms with E-state index in [9.17, 15) is 24.6 Å². The molecule has 2 amide bonds. The van der Waals surface area contributed by atoms with Crippen molar-refractivity contribution >= 4 is 30.4 Å². The first-order valence-electron chi connectivity index (χ1n) is 7.86. The molecule has 2 N–H and O–H groups in total. The van der Waals surface area contributed by atoms with Gasteiger partial charge in [-0.2, -0.15) is 12.6 Å². The summed E-state index contributed by atoms with van der Waals surface area (Å²) < 4.78 is 0. The van der Waals surface area contributed by atoms with Crippen LogP contribution < -0.4 is 0 Å².